The van der Waals surface area contributed by atoms with Gasteiger partial charge in [0.15, 0.2) is 0 Å². The second-order valence-corrected chi connectivity index (χ2v) is 4.37. The largest absolute Gasteiger partial charge is 0.439 e. The molecular weight excluding hydrogens is 264 g/mol. The van der Waals surface area contributed by atoms with Gasteiger partial charge < -0.3 is 9.84 Å². The maximum absolute atomic E-state index is 9.03. The number of para-hydroxylation sites is 1. The van der Waals surface area contributed by atoms with Gasteiger partial charge in [0, 0.05) is 19.1 Å². The summed E-state index contributed by atoms with van der Waals surface area (Å²) in [4.78, 5) is 8.36. The van der Waals surface area contributed by atoms with E-state index >= 15 is 0 Å². The average Bonchev–Trinajstić information content (AvgIpc) is 2.40. The van der Waals surface area contributed by atoms with Gasteiger partial charge >= 0.3 is 0 Å². The van der Waals surface area contributed by atoms with Crippen LogP contribution in [0, 0.1) is 0 Å². The quantitative estimate of drug-likeness (QED) is 0.854. The third-order valence-corrected chi connectivity index (χ3v) is 2.80. The van der Waals surface area contributed by atoms with Crippen LogP contribution in [-0.2, 0) is 12.8 Å². The van der Waals surface area contributed by atoms with Crippen molar-refractivity contribution in [3.05, 3.63) is 46.9 Å². The Balaban J connectivity index is 2.28. The molecular formula is C14H15ClN2O2. The maximum Gasteiger partial charge on any atom is 0.224 e. The standard InChI is InChI=1S/C14H15ClN2O2/c1-2-13-16-12(15)9-14(17-13)19-11-6-4-3-5-10(11)7-8-18/h3-6,9,18H,2,7-8H2,1H3. The smallest absolute Gasteiger partial charge is 0.224 e. The predicted octanol–water partition coefficient (Wildman–Crippen LogP) is 3.02. The van der Waals surface area contributed by atoms with Crippen LogP contribution < -0.4 is 4.74 Å². The second-order valence-electron chi connectivity index (χ2n) is 3.98. The first-order valence-electron chi connectivity index (χ1n) is 6.13. The number of aliphatic hydroxyl groups is 1. The summed E-state index contributed by atoms with van der Waals surface area (Å²) >= 11 is 5.92. The van der Waals surface area contributed by atoms with E-state index in [0.29, 0.717) is 35.4 Å². The molecule has 0 atom stereocenters. The zero-order chi connectivity index (χ0) is 13.7. The Hall–Kier alpha value is -1.65. The Morgan fingerprint density at radius 1 is 1.26 bits per heavy atom. The molecule has 0 aliphatic carbocycles. The first kappa shape index (κ1) is 13.8. The molecule has 0 unspecified atom stereocenters. The number of hydrogen-bond acceptors (Lipinski definition) is 4. The van der Waals surface area contributed by atoms with E-state index in [1.54, 1.807) is 6.07 Å². The minimum atomic E-state index is 0.0745. The molecule has 0 amide bonds. The van der Waals surface area contributed by atoms with Crippen LogP contribution in [0.2, 0.25) is 5.15 Å². The Labute approximate surface area is 117 Å². The number of aryl methyl sites for hydroxylation is 1. The molecule has 19 heavy (non-hydrogen) atoms. The average molecular weight is 279 g/mol. The normalized spacial score (nSPS) is 10.5. The third-order valence-electron chi connectivity index (χ3n) is 2.60. The Kier molecular flexibility index (Phi) is 4.71. The number of rotatable bonds is 5. The summed E-state index contributed by atoms with van der Waals surface area (Å²) in [5.74, 6) is 1.73. The summed E-state index contributed by atoms with van der Waals surface area (Å²) in [5, 5.41) is 9.40. The monoisotopic (exact) mass is 278 g/mol. The Morgan fingerprint density at radius 3 is 2.79 bits per heavy atom. The number of ether oxygens (including phenoxy) is 1. The number of hydrogen-bond donors (Lipinski definition) is 1. The highest BCUT2D eigenvalue weighted by molar-refractivity contribution is 6.29. The fraction of sp³-hybridized carbons (Fsp3) is 0.286. The molecule has 0 spiro atoms. The van der Waals surface area contributed by atoms with Crippen molar-refractivity contribution < 1.29 is 9.84 Å². The topological polar surface area (TPSA) is 55.2 Å². The van der Waals surface area contributed by atoms with Gasteiger partial charge in [0.05, 0.1) is 0 Å². The van der Waals surface area contributed by atoms with Gasteiger partial charge in [0.2, 0.25) is 5.88 Å². The van der Waals surface area contributed by atoms with Crippen LogP contribution >= 0.6 is 11.6 Å². The molecule has 100 valence electrons. The number of benzene rings is 1. The van der Waals surface area contributed by atoms with Gasteiger partial charge in [-0.3, -0.25) is 0 Å². The molecule has 4 nitrogen and oxygen atoms in total. The summed E-state index contributed by atoms with van der Waals surface area (Å²) in [6.45, 7) is 2.03. The van der Waals surface area contributed by atoms with Gasteiger partial charge in [-0.2, -0.15) is 4.98 Å². The lowest BCUT2D eigenvalue weighted by molar-refractivity contribution is 0.297. The number of aliphatic hydroxyl groups excluding tert-OH is 1. The lowest BCUT2D eigenvalue weighted by Gasteiger charge is -2.10. The van der Waals surface area contributed by atoms with Gasteiger partial charge in [0.1, 0.15) is 16.7 Å². The van der Waals surface area contributed by atoms with Crippen molar-refractivity contribution in [2.24, 2.45) is 0 Å². The summed E-state index contributed by atoms with van der Waals surface area (Å²) < 4.78 is 5.74. The highest BCUT2D eigenvalue weighted by Crippen LogP contribution is 2.25. The number of nitrogens with zero attached hydrogens (tertiary/aromatic N) is 2. The fourth-order valence-electron chi connectivity index (χ4n) is 1.70. The molecule has 0 radical (unpaired) electrons. The summed E-state index contributed by atoms with van der Waals surface area (Å²) in [5.41, 5.74) is 0.929. The molecule has 0 aliphatic rings. The highest BCUT2D eigenvalue weighted by atomic mass is 35.5. The van der Waals surface area contributed by atoms with Crippen molar-refractivity contribution in [3.8, 4) is 11.6 Å². The van der Waals surface area contributed by atoms with E-state index < -0.39 is 0 Å². The maximum atomic E-state index is 9.03. The van der Waals surface area contributed by atoms with Crippen LogP contribution in [0.5, 0.6) is 11.6 Å². The van der Waals surface area contributed by atoms with Gasteiger partial charge in [-0.1, -0.05) is 36.7 Å². The van der Waals surface area contributed by atoms with Crippen LogP contribution in [0.15, 0.2) is 30.3 Å². The van der Waals surface area contributed by atoms with E-state index in [4.69, 9.17) is 21.4 Å². The van der Waals surface area contributed by atoms with E-state index in [9.17, 15) is 0 Å². The molecule has 2 aromatic rings. The number of halogens is 1. The van der Waals surface area contributed by atoms with Crippen LogP contribution in [0.25, 0.3) is 0 Å². The first-order valence-corrected chi connectivity index (χ1v) is 6.50. The van der Waals surface area contributed by atoms with Gasteiger partial charge in [-0.05, 0) is 18.1 Å². The Bertz CT molecular complexity index is 561. The first-order chi connectivity index (χ1) is 9.22. The van der Waals surface area contributed by atoms with E-state index in [1.807, 2.05) is 31.2 Å². The molecule has 5 heteroatoms. The molecule has 2 rings (SSSR count). The molecule has 1 heterocycles. The molecule has 0 bridgehead atoms. The lowest BCUT2D eigenvalue weighted by atomic mass is 10.1. The molecule has 0 saturated carbocycles. The van der Waals surface area contributed by atoms with Crippen molar-refractivity contribution in [2.45, 2.75) is 19.8 Å². The molecule has 1 N–H and O–H groups in total. The van der Waals surface area contributed by atoms with E-state index in [2.05, 4.69) is 9.97 Å². The molecule has 0 saturated heterocycles. The molecule has 1 aromatic carbocycles. The van der Waals surface area contributed by atoms with E-state index in [0.717, 1.165) is 5.56 Å². The summed E-state index contributed by atoms with van der Waals surface area (Å²) in [7, 11) is 0. The van der Waals surface area contributed by atoms with E-state index in [1.165, 1.54) is 0 Å². The van der Waals surface area contributed by atoms with Crippen LogP contribution in [0.1, 0.15) is 18.3 Å². The van der Waals surface area contributed by atoms with Gasteiger partial charge in [-0.25, -0.2) is 4.98 Å². The Morgan fingerprint density at radius 2 is 2.05 bits per heavy atom. The van der Waals surface area contributed by atoms with Crippen molar-refractivity contribution >= 4 is 11.6 Å². The highest BCUT2D eigenvalue weighted by Gasteiger charge is 2.07. The van der Waals surface area contributed by atoms with Crippen molar-refractivity contribution in [1.29, 1.82) is 0 Å². The molecule has 0 fully saturated rings. The van der Waals surface area contributed by atoms with Crippen molar-refractivity contribution in [3.63, 3.8) is 0 Å². The SMILES string of the molecule is CCc1nc(Cl)cc(Oc2ccccc2CCO)n1. The van der Waals surface area contributed by atoms with Crippen LogP contribution in [-0.4, -0.2) is 21.7 Å². The number of aromatic nitrogens is 2. The summed E-state index contributed by atoms with van der Waals surface area (Å²) in [6.07, 6.45) is 1.23. The molecule has 1 aromatic heterocycles. The van der Waals surface area contributed by atoms with Crippen LogP contribution in [0.4, 0.5) is 0 Å². The zero-order valence-electron chi connectivity index (χ0n) is 10.6. The second kappa shape index (κ2) is 6.50. The predicted molar refractivity (Wildman–Crippen MR) is 73.7 cm³/mol. The minimum Gasteiger partial charge on any atom is -0.439 e. The van der Waals surface area contributed by atoms with Crippen molar-refractivity contribution in [1.82, 2.24) is 9.97 Å². The third kappa shape index (κ3) is 3.66. The van der Waals surface area contributed by atoms with Crippen molar-refractivity contribution in [2.75, 3.05) is 6.61 Å². The van der Waals surface area contributed by atoms with Crippen LogP contribution in [0.3, 0.4) is 0 Å². The van der Waals surface area contributed by atoms with Gasteiger partial charge in [-0.15, -0.1) is 0 Å². The van der Waals surface area contributed by atoms with E-state index in [-0.39, 0.29) is 6.61 Å². The lowest BCUT2D eigenvalue weighted by Crippen LogP contribution is -1.99. The summed E-state index contributed by atoms with van der Waals surface area (Å²) in [6, 6.07) is 9.11. The zero-order valence-corrected chi connectivity index (χ0v) is 11.4. The molecule has 0 aliphatic heterocycles. The fourth-order valence-corrected chi connectivity index (χ4v) is 1.89. The minimum absolute atomic E-state index is 0.0745. The van der Waals surface area contributed by atoms with Gasteiger partial charge in [0.25, 0.3) is 0 Å².